The Morgan fingerprint density at radius 1 is 1.33 bits per heavy atom. The summed E-state index contributed by atoms with van der Waals surface area (Å²) >= 11 is 3.26. The number of rotatable bonds is 1. The van der Waals surface area contributed by atoms with E-state index in [9.17, 15) is 4.79 Å². The van der Waals surface area contributed by atoms with Crippen molar-refractivity contribution in [2.75, 3.05) is 7.11 Å². The molecule has 0 fully saturated rings. The second kappa shape index (κ2) is 4.11. The Labute approximate surface area is 78.4 Å². The monoisotopic (exact) mass is 230 g/mol. The summed E-state index contributed by atoms with van der Waals surface area (Å²) < 4.78 is 9.98. The summed E-state index contributed by atoms with van der Waals surface area (Å²) in [5.41, 5.74) is 0. The molecule has 12 heavy (non-hydrogen) atoms. The van der Waals surface area contributed by atoms with Crippen LogP contribution in [-0.4, -0.2) is 13.3 Å². The second-order valence-corrected chi connectivity index (χ2v) is 2.93. The third-order valence-corrected chi connectivity index (χ3v) is 1.71. The van der Waals surface area contributed by atoms with E-state index in [1.165, 1.54) is 7.11 Å². The number of carbonyl (C=O) groups is 1. The minimum absolute atomic E-state index is 0.463. The zero-order chi connectivity index (χ0) is 8.97. The normalized spacial score (nSPS) is 9.17. The highest BCUT2D eigenvalue weighted by atomic mass is 79.9. The van der Waals surface area contributed by atoms with Crippen LogP contribution in [0.3, 0.4) is 0 Å². The van der Waals surface area contributed by atoms with Crippen molar-refractivity contribution >= 4 is 22.1 Å². The Morgan fingerprint density at radius 2 is 1.92 bits per heavy atom. The molecule has 0 N–H and O–H groups in total. The molecule has 0 saturated heterocycles. The summed E-state index contributed by atoms with van der Waals surface area (Å²) in [6.07, 6.45) is -0.711. The molecule has 0 saturated carbocycles. The van der Waals surface area contributed by atoms with Crippen molar-refractivity contribution < 1.29 is 14.3 Å². The first-order valence-corrected chi connectivity index (χ1v) is 4.03. The fourth-order valence-electron chi connectivity index (χ4n) is 0.641. The summed E-state index contributed by atoms with van der Waals surface area (Å²) in [7, 11) is 1.27. The van der Waals surface area contributed by atoms with Crippen molar-refractivity contribution in [2.45, 2.75) is 0 Å². The average Bonchev–Trinajstić information content (AvgIpc) is 2.09. The minimum Gasteiger partial charge on any atom is -0.437 e. The fraction of sp³-hybridized carbons (Fsp3) is 0.125. The van der Waals surface area contributed by atoms with Gasteiger partial charge in [0, 0.05) is 4.47 Å². The highest BCUT2D eigenvalue weighted by Gasteiger charge is 2.01. The summed E-state index contributed by atoms with van der Waals surface area (Å²) in [4.78, 5) is 10.6. The van der Waals surface area contributed by atoms with E-state index in [4.69, 9.17) is 4.74 Å². The van der Waals surface area contributed by atoms with Crippen LogP contribution in [0, 0.1) is 0 Å². The van der Waals surface area contributed by atoms with E-state index in [0.717, 1.165) is 4.47 Å². The standard InChI is InChI=1S/C8H7BrO3/c1-11-8(10)12-7-4-2-6(9)3-5-7/h2-5H,1H3. The van der Waals surface area contributed by atoms with E-state index < -0.39 is 6.16 Å². The van der Waals surface area contributed by atoms with Crippen molar-refractivity contribution in [3.8, 4) is 5.75 Å². The molecule has 64 valence electrons. The molecule has 0 atom stereocenters. The van der Waals surface area contributed by atoms with Gasteiger partial charge in [0.25, 0.3) is 0 Å². The lowest BCUT2D eigenvalue weighted by molar-refractivity contribution is 0.121. The molecule has 0 aliphatic carbocycles. The number of ether oxygens (including phenoxy) is 2. The lowest BCUT2D eigenvalue weighted by Gasteiger charge is -2.00. The minimum atomic E-state index is -0.711. The maximum atomic E-state index is 10.6. The van der Waals surface area contributed by atoms with Crippen molar-refractivity contribution in [1.82, 2.24) is 0 Å². The molecular formula is C8H7BrO3. The summed E-state index contributed by atoms with van der Waals surface area (Å²) in [6.45, 7) is 0. The second-order valence-electron chi connectivity index (χ2n) is 2.01. The maximum Gasteiger partial charge on any atom is 0.513 e. The van der Waals surface area contributed by atoms with Gasteiger partial charge in [0.2, 0.25) is 0 Å². The highest BCUT2D eigenvalue weighted by molar-refractivity contribution is 9.10. The molecule has 0 aliphatic rings. The molecule has 0 radical (unpaired) electrons. The molecule has 3 nitrogen and oxygen atoms in total. The van der Waals surface area contributed by atoms with Gasteiger partial charge in [0.05, 0.1) is 7.11 Å². The van der Waals surface area contributed by atoms with Gasteiger partial charge in [-0.3, -0.25) is 0 Å². The van der Waals surface area contributed by atoms with Crippen LogP contribution in [0.15, 0.2) is 28.7 Å². The largest absolute Gasteiger partial charge is 0.513 e. The average molecular weight is 231 g/mol. The number of hydrogen-bond acceptors (Lipinski definition) is 3. The first kappa shape index (κ1) is 9.06. The van der Waals surface area contributed by atoms with Crippen LogP contribution in [0.1, 0.15) is 0 Å². The Bertz CT molecular complexity index is 268. The van der Waals surface area contributed by atoms with Crippen molar-refractivity contribution in [3.05, 3.63) is 28.7 Å². The lowest BCUT2D eigenvalue weighted by Crippen LogP contribution is -2.06. The molecule has 0 heterocycles. The van der Waals surface area contributed by atoms with Crippen LogP contribution < -0.4 is 4.74 Å². The van der Waals surface area contributed by atoms with Gasteiger partial charge in [-0.1, -0.05) is 15.9 Å². The van der Waals surface area contributed by atoms with Gasteiger partial charge in [-0.2, -0.15) is 0 Å². The zero-order valence-corrected chi connectivity index (χ0v) is 8.00. The predicted octanol–water partition coefficient (Wildman–Crippen LogP) is 2.59. The Balaban J connectivity index is 2.64. The van der Waals surface area contributed by atoms with Gasteiger partial charge in [-0.25, -0.2) is 4.79 Å². The number of methoxy groups -OCH3 is 1. The molecular weight excluding hydrogens is 224 g/mol. The van der Waals surface area contributed by atoms with Crippen LogP contribution in [0.4, 0.5) is 4.79 Å². The molecule has 0 bridgehead atoms. The summed E-state index contributed by atoms with van der Waals surface area (Å²) in [6, 6.07) is 6.89. The fourth-order valence-corrected chi connectivity index (χ4v) is 0.905. The van der Waals surface area contributed by atoms with Crippen molar-refractivity contribution in [2.24, 2.45) is 0 Å². The van der Waals surface area contributed by atoms with Gasteiger partial charge in [-0.15, -0.1) is 0 Å². The quantitative estimate of drug-likeness (QED) is 0.550. The summed E-state index contributed by atoms with van der Waals surface area (Å²) in [5.74, 6) is 0.463. The Kier molecular flexibility index (Phi) is 3.10. The van der Waals surface area contributed by atoms with E-state index in [2.05, 4.69) is 20.7 Å². The Morgan fingerprint density at radius 3 is 2.42 bits per heavy atom. The number of carbonyl (C=O) groups excluding carboxylic acids is 1. The van der Waals surface area contributed by atoms with Crippen molar-refractivity contribution in [1.29, 1.82) is 0 Å². The van der Waals surface area contributed by atoms with Crippen LogP contribution in [0.25, 0.3) is 0 Å². The third kappa shape index (κ3) is 2.54. The van der Waals surface area contributed by atoms with E-state index in [1.54, 1.807) is 24.3 Å². The van der Waals surface area contributed by atoms with Crippen LogP contribution in [0.5, 0.6) is 5.75 Å². The van der Waals surface area contributed by atoms with E-state index in [1.807, 2.05) is 0 Å². The molecule has 0 aliphatic heterocycles. The molecule has 0 spiro atoms. The van der Waals surface area contributed by atoms with Gasteiger partial charge in [0.1, 0.15) is 5.75 Å². The SMILES string of the molecule is COC(=O)Oc1ccc(Br)cc1. The smallest absolute Gasteiger partial charge is 0.437 e. The maximum absolute atomic E-state index is 10.6. The van der Waals surface area contributed by atoms with Crippen LogP contribution >= 0.6 is 15.9 Å². The van der Waals surface area contributed by atoms with Gasteiger partial charge in [-0.05, 0) is 24.3 Å². The van der Waals surface area contributed by atoms with Gasteiger partial charge >= 0.3 is 6.16 Å². The Hall–Kier alpha value is -1.03. The first-order valence-electron chi connectivity index (χ1n) is 3.24. The van der Waals surface area contributed by atoms with Crippen LogP contribution in [0.2, 0.25) is 0 Å². The number of hydrogen-bond donors (Lipinski definition) is 0. The summed E-state index contributed by atoms with van der Waals surface area (Å²) in [5, 5.41) is 0. The van der Waals surface area contributed by atoms with Gasteiger partial charge < -0.3 is 9.47 Å². The molecule has 0 aromatic heterocycles. The first-order chi connectivity index (χ1) is 5.72. The molecule has 1 rings (SSSR count). The lowest BCUT2D eigenvalue weighted by atomic mass is 10.3. The number of halogens is 1. The molecule has 1 aromatic rings. The van der Waals surface area contributed by atoms with Crippen LogP contribution in [-0.2, 0) is 4.74 Å². The molecule has 0 amide bonds. The predicted molar refractivity (Wildman–Crippen MR) is 47.2 cm³/mol. The van der Waals surface area contributed by atoms with E-state index >= 15 is 0 Å². The molecule has 0 unspecified atom stereocenters. The van der Waals surface area contributed by atoms with E-state index in [0.29, 0.717) is 5.75 Å². The molecule has 4 heteroatoms. The van der Waals surface area contributed by atoms with E-state index in [-0.39, 0.29) is 0 Å². The topological polar surface area (TPSA) is 35.5 Å². The molecule has 1 aromatic carbocycles. The third-order valence-electron chi connectivity index (χ3n) is 1.18. The van der Waals surface area contributed by atoms with Gasteiger partial charge in [0.15, 0.2) is 0 Å². The van der Waals surface area contributed by atoms with Crippen molar-refractivity contribution in [3.63, 3.8) is 0 Å². The highest BCUT2D eigenvalue weighted by Crippen LogP contribution is 2.16. The number of benzene rings is 1. The zero-order valence-electron chi connectivity index (χ0n) is 6.41.